The van der Waals surface area contributed by atoms with E-state index in [0.29, 0.717) is 49.5 Å². The quantitative estimate of drug-likeness (QED) is 0.457. The lowest BCUT2D eigenvalue weighted by atomic mass is 10.2. The van der Waals surface area contributed by atoms with Crippen molar-refractivity contribution >= 4 is 23.6 Å². The first-order valence-electron chi connectivity index (χ1n) is 11.3. The highest BCUT2D eigenvalue weighted by molar-refractivity contribution is 7.99. The fourth-order valence-corrected chi connectivity index (χ4v) is 4.55. The van der Waals surface area contributed by atoms with Crippen LogP contribution < -0.4 is 14.4 Å². The molecule has 0 aliphatic carbocycles. The Morgan fingerprint density at radius 3 is 2.55 bits per heavy atom. The maximum atomic E-state index is 13.0. The van der Waals surface area contributed by atoms with Crippen LogP contribution in [0.3, 0.4) is 0 Å². The highest BCUT2D eigenvalue weighted by Crippen LogP contribution is 2.28. The van der Waals surface area contributed by atoms with Gasteiger partial charge in [0.05, 0.1) is 33.2 Å². The summed E-state index contributed by atoms with van der Waals surface area (Å²) in [5, 5.41) is 9.65. The number of hydrogen-bond acceptors (Lipinski definition) is 8. The van der Waals surface area contributed by atoms with Gasteiger partial charge in [0.15, 0.2) is 16.7 Å². The van der Waals surface area contributed by atoms with Crippen LogP contribution in [-0.2, 0) is 22.6 Å². The van der Waals surface area contributed by atoms with E-state index in [1.165, 1.54) is 11.8 Å². The summed E-state index contributed by atoms with van der Waals surface area (Å²) >= 11 is 1.45. The Hall–Kier alpha value is -2.46. The monoisotopic (exact) mass is 477 g/mol. The molecular formula is C23H35N5O4S. The molecule has 9 nitrogen and oxygen atoms in total. The van der Waals surface area contributed by atoms with E-state index in [1.807, 2.05) is 30.0 Å². The first-order chi connectivity index (χ1) is 16.0. The van der Waals surface area contributed by atoms with Crippen molar-refractivity contribution in [3.05, 3.63) is 23.8 Å². The Morgan fingerprint density at radius 1 is 1.18 bits per heavy atom. The minimum absolute atomic E-state index is 0.0595. The van der Waals surface area contributed by atoms with E-state index in [1.54, 1.807) is 14.2 Å². The molecule has 0 N–H and O–H groups in total. The summed E-state index contributed by atoms with van der Waals surface area (Å²) in [6, 6.07) is 5.73. The van der Waals surface area contributed by atoms with Crippen LogP contribution in [0.5, 0.6) is 11.5 Å². The Balaban J connectivity index is 1.67. The van der Waals surface area contributed by atoms with Crippen LogP contribution in [-0.4, -0.2) is 78.4 Å². The zero-order chi connectivity index (χ0) is 23.8. The van der Waals surface area contributed by atoms with Crippen molar-refractivity contribution in [1.29, 1.82) is 0 Å². The predicted octanol–water partition coefficient (Wildman–Crippen LogP) is 2.93. The van der Waals surface area contributed by atoms with Crippen LogP contribution in [0.2, 0.25) is 0 Å². The molecule has 0 bridgehead atoms. The summed E-state index contributed by atoms with van der Waals surface area (Å²) in [6.07, 6.45) is 0. The third kappa shape index (κ3) is 6.54. The molecule has 2 aromatic rings. The van der Waals surface area contributed by atoms with Gasteiger partial charge in [-0.15, -0.1) is 10.2 Å². The van der Waals surface area contributed by atoms with Crippen molar-refractivity contribution in [2.24, 2.45) is 5.92 Å². The number of carbonyl (C=O) groups is 1. The fourth-order valence-electron chi connectivity index (χ4n) is 3.70. The van der Waals surface area contributed by atoms with Crippen molar-refractivity contribution in [3.63, 3.8) is 0 Å². The van der Waals surface area contributed by atoms with Crippen molar-refractivity contribution in [1.82, 2.24) is 19.7 Å². The SMILES string of the molecule is CCN(Cc1ccc(OC)c(OC)c1)C(=O)CSc1nnc(N2CCOCC2)n1CC(C)C. The van der Waals surface area contributed by atoms with Gasteiger partial charge in [0, 0.05) is 32.7 Å². The molecule has 0 saturated carbocycles. The molecule has 2 heterocycles. The van der Waals surface area contributed by atoms with Crippen molar-refractivity contribution < 1.29 is 19.0 Å². The maximum Gasteiger partial charge on any atom is 0.233 e. The molecule has 1 aromatic carbocycles. The van der Waals surface area contributed by atoms with E-state index in [4.69, 9.17) is 14.2 Å². The predicted molar refractivity (Wildman–Crippen MR) is 129 cm³/mol. The number of thioether (sulfide) groups is 1. The summed E-state index contributed by atoms with van der Waals surface area (Å²) in [6.45, 7) is 11.2. The fraction of sp³-hybridized carbons (Fsp3) is 0.609. The third-order valence-corrected chi connectivity index (χ3v) is 6.37. The van der Waals surface area contributed by atoms with Crippen LogP contribution in [0.1, 0.15) is 26.3 Å². The number of nitrogens with zero attached hydrogens (tertiary/aromatic N) is 5. The molecule has 10 heteroatoms. The Bertz CT molecular complexity index is 914. The van der Waals surface area contributed by atoms with Crippen LogP contribution >= 0.6 is 11.8 Å². The Morgan fingerprint density at radius 2 is 1.91 bits per heavy atom. The second-order valence-electron chi connectivity index (χ2n) is 8.27. The molecule has 1 aliphatic heterocycles. The Kier molecular flexibility index (Phi) is 9.25. The van der Waals surface area contributed by atoms with E-state index < -0.39 is 0 Å². The number of benzene rings is 1. The van der Waals surface area contributed by atoms with Gasteiger partial charge in [-0.3, -0.25) is 9.36 Å². The summed E-state index contributed by atoms with van der Waals surface area (Å²) in [4.78, 5) is 17.1. The molecule has 1 fully saturated rings. The molecule has 0 atom stereocenters. The maximum absolute atomic E-state index is 13.0. The number of methoxy groups -OCH3 is 2. The molecule has 1 amide bonds. The van der Waals surface area contributed by atoms with Crippen LogP contribution in [0.25, 0.3) is 0 Å². The molecule has 182 valence electrons. The third-order valence-electron chi connectivity index (χ3n) is 5.42. The van der Waals surface area contributed by atoms with E-state index in [9.17, 15) is 4.79 Å². The molecule has 1 saturated heterocycles. The van der Waals surface area contributed by atoms with E-state index in [2.05, 4.69) is 33.5 Å². The van der Waals surface area contributed by atoms with Gasteiger partial charge in [0.25, 0.3) is 0 Å². The molecule has 33 heavy (non-hydrogen) atoms. The zero-order valence-corrected chi connectivity index (χ0v) is 21.1. The van der Waals surface area contributed by atoms with E-state index >= 15 is 0 Å². The van der Waals surface area contributed by atoms with Gasteiger partial charge in [0.2, 0.25) is 11.9 Å². The molecule has 0 spiro atoms. The number of aromatic nitrogens is 3. The van der Waals surface area contributed by atoms with Gasteiger partial charge >= 0.3 is 0 Å². The summed E-state index contributed by atoms with van der Waals surface area (Å²) < 4.78 is 18.3. The molecule has 1 aromatic heterocycles. The largest absolute Gasteiger partial charge is 0.493 e. The van der Waals surface area contributed by atoms with Gasteiger partial charge in [-0.1, -0.05) is 31.7 Å². The number of morpholine rings is 1. The van der Waals surface area contributed by atoms with E-state index in [-0.39, 0.29) is 5.91 Å². The van der Waals surface area contributed by atoms with Crippen LogP contribution in [0.4, 0.5) is 5.95 Å². The topological polar surface area (TPSA) is 82.0 Å². The zero-order valence-electron chi connectivity index (χ0n) is 20.2. The molecular weight excluding hydrogens is 442 g/mol. The van der Waals surface area contributed by atoms with Crippen LogP contribution in [0, 0.1) is 5.92 Å². The van der Waals surface area contributed by atoms with Gasteiger partial charge < -0.3 is 24.0 Å². The molecule has 3 rings (SSSR count). The number of anilines is 1. The summed E-state index contributed by atoms with van der Waals surface area (Å²) in [5.74, 6) is 2.99. The van der Waals surface area contributed by atoms with Gasteiger partial charge in [-0.05, 0) is 30.5 Å². The standard InChI is InChI=1S/C23H35N5O4S/c1-6-26(15-18-7-8-19(30-4)20(13-18)31-5)21(29)16-33-23-25-24-22(28(23)14-17(2)3)27-9-11-32-12-10-27/h7-8,13,17H,6,9-12,14-16H2,1-5H3. The lowest BCUT2D eigenvalue weighted by Gasteiger charge is -2.28. The highest BCUT2D eigenvalue weighted by atomic mass is 32.2. The second-order valence-corrected chi connectivity index (χ2v) is 9.21. The summed E-state index contributed by atoms with van der Waals surface area (Å²) in [7, 11) is 3.22. The minimum Gasteiger partial charge on any atom is -0.493 e. The van der Waals surface area contributed by atoms with Gasteiger partial charge in [0.1, 0.15) is 0 Å². The first-order valence-corrected chi connectivity index (χ1v) is 12.3. The molecule has 0 unspecified atom stereocenters. The minimum atomic E-state index is 0.0595. The number of ether oxygens (including phenoxy) is 3. The smallest absolute Gasteiger partial charge is 0.233 e. The van der Waals surface area contributed by atoms with Crippen molar-refractivity contribution in [2.75, 3.05) is 57.7 Å². The molecule has 1 aliphatic rings. The number of rotatable bonds is 11. The van der Waals surface area contributed by atoms with Crippen LogP contribution in [0.15, 0.2) is 23.4 Å². The van der Waals surface area contributed by atoms with Crippen molar-refractivity contribution in [2.45, 2.75) is 39.0 Å². The average molecular weight is 478 g/mol. The second kappa shape index (κ2) is 12.1. The van der Waals surface area contributed by atoms with Gasteiger partial charge in [-0.25, -0.2) is 0 Å². The number of carbonyl (C=O) groups excluding carboxylic acids is 1. The summed E-state index contributed by atoms with van der Waals surface area (Å²) in [5.41, 5.74) is 0.991. The number of amides is 1. The average Bonchev–Trinajstić information content (AvgIpc) is 3.22. The lowest BCUT2D eigenvalue weighted by Crippen LogP contribution is -2.38. The number of hydrogen-bond donors (Lipinski definition) is 0. The Labute approximate surface area is 200 Å². The normalized spacial score (nSPS) is 13.9. The first kappa shape index (κ1) is 25.2. The highest BCUT2D eigenvalue weighted by Gasteiger charge is 2.22. The lowest BCUT2D eigenvalue weighted by molar-refractivity contribution is -0.128. The van der Waals surface area contributed by atoms with E-state index in [0.717, 1.165) is 36.3 Å². The van der Waals surface area contributed by atoms with Gasteiger partial charge in [-0.2, -0.15) is 0 Å². The van der Waals surface area contributed by atoms with Crippen molar-refractivity contribution in [3.8, 4) is 11.5 Å². The molecule has 0 radical (unpaired) electrons.